The van der Waals surface area contributed by atoms with Crippen LogP contribution in [0.5, 0.6) is 0 Å². The number of nitrogens with zero attached hydrogens (tertiary/aromatic N) is 1. The first-order chi connectivity index (χ1) is 10.9. The van der Waals surface area contributed by atoms with Crippen LogP contribution in [0.1, 0.15) is 16.7 Å². The predicted octanol–water partition coefficient (Wildman–Crippen LogP) is 5.16. The first kappa shape index (κ1) is 16.1. The number of benzene rings is 2. The second kappa shape index (κ2) is 6.06. The number of alkyl halides is 3. The number of halogens is 3. The average Bonchev–Trinajstić information content (AvgIpc) is 2.49. The third-order valence-corrected chi connectivity index (χ3v) is 4.81. The highest BCUT2D eigenvalue weighted by Crippen LogP contribution is 2.46. The van der Waals surface area contributed by atoms with Gasteiger partial charge in [-0.05, 0) is 55.1 Å². The lowest BCUT2D eigenvalue weighted by atomic mass is 9.95. The maximum atomic E-state index is 13.1. The third-order valence-electron chi connectivity index (χ3n) is 3.65. The van der Waals surface area contributed by atoms with Crippen molar-refractivity contribution in [3.63, 3.8) is 0 Å². The number of hydrogen-bond acceptors (Lipinski definition) is 2. The minimum absolute atomic E-state index is 0.605. The van der Waals surface area contributed by atoms with E-state index in [1.54, 1.807) is 6.07 Å². The summed E-state index contributed by atoms with van der Waals surface area (Å²) in [5.74, 6) is 0. The van der Waals surface area contributed by atoms with E-state index in [0.717, 1.165) is 27.0 Å². The van der Waals surface area contributed by atoms with E-state index >= 15 is 0 Å². The molecule has 0 atom stereocenters. The van der Waals surface area contributed by atoms with Gasteiger partial charge in [0.1, 0.15) is 0 Å². The van der Waals surface area contributed by atoms with Crippen molar-refractivity contribution in [2.75, 3.05) is 20.6 Å². The van der Waals surface area contributed by atoms with E-state index in [0.29, 0.717) is 12.1 Å². The Kier molecular flexibility index (Phi) is 4.25. The lowest BCUT2D eigenvalue weighted by Gasteiger charge is -2.23. The maximum absolute atomic E-state index is 13.1. The number of likely N-dealkylation sites (N-methyl/N-ethyl adjacent to an activating group) is 1. The van der Waals surface area contributed by atoms with E-state index < -0.39 is 11.7 Å². The topological polar surface area (TPSA) is 3.24 Å². The lowest BCUT2D eigenvalue weighted by molar-refractivity contribution is -0.137. The highest BCUT2D eigenvalue weighted by atomic mass is 32.2. The molecule has 0 aliphatic carbocycles. The molecule has 120 valence electrons. The molecule has 1 aliphatic heterocycles. The molecule has 3 rings (SSSR count). The molecule has 0 spiro atoms. The second-order valence-corrected chi connectivity index (χ2v) is 6.77. The van der Waals surface area contributed by atoms with Crippen LogP contribution in [-0.2, 0) is 6.18 Å². The molecule has 2 aromatic carbocycles. The fourth-order valence-electron chi connectivity index (χ4n) is 2.54. The van der Waals surface area contributed by atoms with Gasteiger partial charge in [0.2, 0.25) is 0 Å². The van der Waals surface area contributed by atoms with Crippen molar-refractivity contribution in [2.24, 2.45) is 0 Å². The minimum atomic E-state index is -4.33. The molecule has 0 aromatic heterocycles. The second-order valence-electron chi connectivity index (χ2n) is 5.69. The Bertz CT molecular complexity index is 763. The fraction of sp³-hybridized carbons (Fsp3) is 0.222. The third kappa shape index (κ3) is 3.31. The first-order valence-corrected chi connectivity index (χ1v) is 8.01. The van der Waals surface area contributed by atoms with Gasteiger partial charge in [0, 0.05) is 16.3 Å². The summed E-state index contributed by atoms with van der Waals surface area (Å²) in [7, 11) is 3.88. The van der Waals surface area contributed by atoms with Gasteiger partial charge in [-0.1, -0.05) is 36.0 Å². The van der Waals surface area contributed by atoms with Gasteiger partial charge in [-0.2, -0.15) is 13.2 Å². The molecule has 0 amide bonds. The van der Waals surface area contributed by atoms with Crippen LogP contribution in [0.3, 0.4) is 0 Å². The van der Waals surface area contributed by atoms with Crippen molar-refractivity contribution >= 4 is 17.3 Å². The van der Waals surface area contributed by atoms with E-state index in [4.69, 9.17) is 0 Å². The van der Waals surface area contributed by atoms with Crippen LogP contribution in [0.4, 0.5) is 13.2 Å². The van der Waals surface area contributed by atoms with Crippen LogP contribution in [-0.4, -0.2) is 25.5 Å². The fourth-order valence-corrected chi connectivity index (χ4v) is 3.63. The Labute approximate surface area is 137 Å². The van der Waals surface area contributed by atoms with Crippen LogP contribution in [0.2, 0.25) is 0 Å². The van der Waals surface area contributed by atoms with Gasteiger partial charge in [-0.15, -0.1) is 0 Å². The molecule has 0 radical (unpaired) electrons. The molecular weight excluding hydrogens is 319 g/mol. The van der Waals surface area contributed by atoms with Crippen molar-refractivity contribution in [3.05, 3.63) is 65.2 Å². The molecule has 0 unspecified atom stereocenters. The van der Waals surface area contributed by atoms with E-state index in [-0.39, 0.29) is 0 Å². The van der Waals surface area contributed by atoms with Crippen molar-refractivity contribution in [1.29, 1.82) is 0 Å². The largest absolute Gasteiger partial charge is 0.416 e. The van der Waals surface area contributed by atoms with E-state index in [9.17, 15) is 13.2 Å². The standard InChI is InChI=1S/C18H16F3NS/c1-22(2)10-9-13-14-5-3-4-6-16(14)23-17-8-7-12(11-15(13)17)18(19,20)21/h3-9,11H,10H2,1-2H3/b13-9-. The molecule has 1 heterocycles. The molecular formula is C18H16F3NS. The lowest BCUT2D eigenvalue weighted by Crippen LogP contribution is -2.12. The summed E-state index contributed by atoms with van der Waals surface area (Å²) < 4.78 is 39.2. The first-order valence-electron chi connectivity index (χ1n) is 7.20. The minimum Gasteiger partial charge on any atom is -0.306 e. The Morgan fingerprint density at radius 1 is 1.00 bits per heavy atom. The highest BCUT2D eigenvalue weighted by molar-refractivity contribution is 7.99. The van der Waals surface area contributed by atoms with Crippen LogP contribution >= 0.6 is 11.8 Å². The molecule has 0 bridgehead atoms. The summed E-state index contributed by atoms with van der Waals surface area (Å²) >= 11 is 1.52. The zero-order valence-electron chi connectivity index (χ0n) is 12.8. The number of hydrogen-bond donors (Lipinski definition) is 0. The summed E-state index contributed by atoms with van der Waals surface area (Å²) in [6, 6.07) is 11.8. The van der Waals surface area contributed by atoms with Gasteiger partial charge in [0.25, 0.3) is 0 Å². The molecule has 0 fully saturated rings. The van der Waals surface area contributed by atoms with Crippen LogP contribution in [0.25, 0.3) is 5.57 Å². The smallest absolute Gasteiger partial charge is 0.306 e. The van der Waals surface area contributed by atoms with Crippen LogP contribution < -0.4 is 0 Å². The van der Waals surface area contributed by atoms with Gasteiger partial charge < -0.3 is 4.90 Å². The molecule has 0 saturated carbocycles. The van der Waals surface area contributed by atoms with Gasteiger partial charge in [-0.25, -0.2) is 0 Å². The van der Waals surface area contributed by atoms with Gasteiger partial charge in [0.15, 0.2) is 0 Å². The van der Waals surface area contributed by atoms with Gasteiger partial charge in [-0.3, -0.25) is 0 Å². The van der Waals surface area contributed by atoms with Crippen molar-refractivity contribution < 1.29 is 13.2 Å². The summed E-state index contributed by atoms with van der Waals surface area (Å²) in [6.07, 6.45) is -2.33. The Morgan fingerprint density at radius 3 is 2.39 bits per heavy atom. The number of rotatable bonds is 2. The van der Waals surface area contributed by atoms with Crippen molar-refractivity contribution in [1.82, 2.24) is 4.90 Å². The van der Waals surface area contributed by atoms with E-state index in [1.165, 1.54) is 17.8 Å². The Morgan fingerprint density at radius 2 is 1.70 bits per heavy atom. The van der Waals surface area contributed by atoms with Crippen molar-refractivity contribution in [2.45, 2.75) is 16.0 Å². The summed E-state index contributed by atoms with van der Waals surface area (Å²) in [4.78, 5) is 3.93. The zero-order chi connectivity index (χ0) is 16.6. The summed E-state index contributed by atoms with van der Waals surface area (Å²) in [5, 5.41) is 0. The molecule has 23 heavy (non-hydrogen) atoms. The quantitative estimate of drug-likeness (QED) is 0.636. The van der Waals surface area contributed by atoms with Crippen molar-refractivity contribution in [3.8, 4) is 0 Å². The van der Waals surface area contributed by atoms with Crippen LogP contribution in [0, 0.1) is 0 Å². The maximum Gasteiger partial charge on any atom is 0.416 e. The van der Waals surface area contributed by atoms with Gasteiger partial charge >= 0.3 is 6.18 Å². The zero-order valence-corrected chi connectivity index (χ0v) is 13.6. The summed E-state index contributed by atoms with van der Waals surface area (Å²) in [5.41, 5.74) is 1.91. The monoisotopic (exact) mass is 335 g/mol. The molecule has 1 aliphatic rings. The SMILES string of the molecule is CN(C)C/C=C1/c2ccccc2Sc2ccc(C(F)(F)F)cc21. The normalized spacial score (nSPS) is 15.7. The highest BCUT2D eigenvalue weighted by Gasteiger charge is 2.32. The Hall–Kier alpha value is -1.72. The average molecular weight is 335 g/mol. The Balaban J connectivity index is 2.16. The summed E-state index contributed by atoms with van der Waals surface area (Å²) in [6.45, 7) is 0.671. The molecule has 2 aromatic rings. The van der Waals surface area contributed by atoms with E-state index in [1.807, 2.05) is 49.3 Å². The number of fused-ring (bicyclic) bond motifs is 2. The van der Waals surface area contributed by atoms with Gasteiger partial charge in [0.05, 0.1) is 5.56 Å². The van der Waals surface area contributed by atoms with Crippen LogP contribution in [0.15, 0.2) is 58.3 Å². The molecule has 1 nitrogen and oxygen atoms in total. The predicted molar refractivity (Wildman–Crippen MR) is 87.6 cm³/mol. The molecule has 0 saturated heterocycles. The van der Waals surface area contributed by atoms with E-state index in [2.05, 4.69) is 0 Å². The molecule has 0 N–H and O–H groups in total. The molecule has 5 heteroatoms.